The Morgan fingerprint density at radius 2 is 2.03 bits per heavy atom. The predicted octanol–water partition coefficient (Wildman–Crippen LogP) is 1.19. The van der Waals surface area contributed by atoms with Crippen molar-refractivity contribution in [2.24, 2.45) is 5.73 Å². The number of Topliss-reactive ketones (excluding diaryl/α,β-unsaturated/α-hetero) is 1. The summed E-state index contributed by atoms with van der Waals surface area (Å²) in [7, 11) is 0. The summed E-state index contributed by atoms with van der Waals surface area (Å²) in [6.07, 6.45) is 1.81. The maximum Gasteiger partial charge on any atom is 0.205 e. The Bertz CT molecular complexity index is 972. The van der Waals surface area contributed by atoms with E-state index in [9.17, 15) is 10.1 Å². The molecular formula is C24H30N3O5+. The number of allylic oxidation sites excluding steroid dienone is 3. The van der Waals surface area contributed by atoms with Gasteiger partial charge in [-0.1, -0.05) is 6.07 Å². The maximum atomic E-state index is 12.8. The number of carbonyl (C=O) groups excluding carboxylic acids is 1. The second kappa shape index (κ2) is 10.1. The lowest BCUT2D eigenvalue weighted by Gasteiger charge is -2.31. The number of benzene rings is 1. The van der Waals surface area contributed by atoms with Crippen molar-refractivity contribution in [3.8, 4) is 17.6 Å². The lowest BCUT2D eigenvalue weighted by molar-refractivity contribution is -0.908. The minimum Gasteiger partial charge on any atom is -0.490 e. The van der Waals surface area contributed by atoms with E-state index in [1.807, 2.05) is 25.1 Å². The number of hydrogen-bond donors (Lipinski definition) is 2. The van der Waals surface area contributed by atoms with Crippen molar-refractivity contribution in [3.05, 3.63) is 46.6 Å². The zero-order valence-corrected chi connectivity index (χ0v) is 18.4. The Balaban J connectivity index is 1.60. The van der Waals surface area contributed by atoms with Crippen molar-refractivity contribution < 1.29 is 28.6 Å². The van der Waals surface area contributed by atoms with E-state index in [1.165, 1.54) is 4.90 Å². The molecule has 8 heteroatoms. The van der Waals surface area contributed by atoms with Crippen LogP contribution in [0.2, 0.25) is 0 Å². The van der Waals surface area contributed by atoms with E-state index in [1.54, 1.807) is 0 Å². The number of quaternary nitrogens is 1. The molecule has 0 unspecified atom stereocenters. The first-order valence-electron chi connectivity index (χ1n) is 11.3. The third-order valence-corrected chi connectivity index (χ3v) is 6.12. The summed E-state index contributed by atoms with van der Waals surface area (Å²) in [4.78, 5) is 14.2. The molecule has 1 aliphatic carbocycles. The third kappa shape index (κ3) is 4.59. The maximum absolute atomic E-state index is 12.8. The summed E-state index contributed by atoms with van der Waals surface area (Å²) in [5.41, 5.74) is 7.62. The molecule has 8 nitrogen and oxygen atoms in total. The van der Waals surface area contributed by atoms with E-state index in [0.717, 1.165) is 44.8 Å². The van der Waals surface area contributed by atoms with Gasteiger partial charge in [0, 0.05) is 18.4 Å². The average molecular weight is 441 g/mol. The molecule has 0 saturated carbocycles. The van der Waals surface area contributed by atoms with Gasteiger partial charge in [0.05, 0.1) is 25.7 Å². The smallest absolute Gasteiger partial charge is 0.205 e. The molecule has 1 aromatic carbocycles. The molecule has 1 aromatic rings. The van der Waals surface area contributed by atoms with Crippen LogP contribution in [-0.2, 0) is 14.3 Å². The number of nitrogens with one attached hydrogen (secondary N) is 1. The van der Waals surface area contributed by atoms with E-state index in [2.05, 4.69) is 6.07 Å². The monoisotopic (exact) mass is 440 g/mol. The molecule has 32 heavy (non-hydrogen) atoms. The molecule has 0 radical (unpaired) electrons. The number of nitrogens with two attached hydrogens (primary N) is 1. The van der Waals surface area contributed by atoms with Gasteiger partial charge >= 0.3 is 0 Å². The molecule has 3 N–H and O–H groups in total. The summed E-state index contributed by atoms with van der Waals surface area (Å²) >= 11 is 0. The fraction of sp³-hybridized carbons (Fsp3) is 0.500. The van der Waals surface area contributed by atoms with Crippen molar-refractivity contribution in [2.45, 2.75) is 32.1 Å². The Morgan fingerprint density at radius 1 is 1.22 bits per heavy atom. The molecule has 0 spiro atoms. The minimum absolute atomic E-state index is 0.00303. The van der Waals surface area contributed by atoms with Gasteiger partial charge < -0.3 is 29.6 Å². The molecule has 170 valence electrons. The highest BCUT2D eigenvalue weighted by molar-refractivity contribution is 5.99. The van der Waals surface area contributed by atoms with E-state index in [-0.39, 0.29) is 17.2 Å². The quantitative estimate of drug-likeness (QED) is 0.656. The summed E-state index contributed by atoms with van der Waals surface area (Å²) in [5.74, 6) is 1.34. The number of nitrogens with zero attached hydrogens (tertiary/aromatic N) is 1. The van der Waals surface area contributed by atoms with Gasteiger partial charge in [0.2, 0.25) is 5.88 Å². The molecule has 0 amide bonds. The second-order valence-electron chi connectivity index (χ2n) is 8.14. The van der Waals surface area contributed by atoms with Crippen LogP contribution in [-0.4, -0.2) is 51.8 Å². The van der Waals surface area contributed by atoms with Gasteiger partial charge in [-0.05, 0) is 31.0 Å². The number of morpholine rings is 1. The highest BCUT2D eigenvalue weighted by Gasteiger charge is 2.38. The number of rotatable bonds is 7. The number of ether oxygens (including phenoxy) is 4. The molecule has 3 aliphatic rings. The molecule has 0 aromatic heterocycles. The molecule has 0 bridgehead atoms. The van der Waals surface area contributed by atoms with E-state index in [0.29, 0.717) is 48.9 Å². The first-order chi connectivity index (χ1) is 15.6. The fourth-order valence-corrected chi connectivity index (χ4v) is 4.50. The molecule has 2 heterocycles. The van der Waals surface area contributed by atoms with Crippen LogP contribution < -0.4 is 20.1 Å². The highest BCUT2D eigenvalue weighted by Crippen LogP contribution is 2.45. The van der Waals surface area contributed by atoms with Gasteiger partial charge in [0.1, 0.15) is 43.6 Å². The number of carbonyl (C=O) groups is 1. The van der Waals surface area contributed by atoms with Crippen molar-refractivity contribution >= 4 is 5.78 Å². The number of hydrogen-bond acceptors (Lipinski definition) is 7. The largest absolute Gasteiger partial charge is 0.490 e. The highest BCUT2D eigenvalue weighted by atomic mass is 16.5. The van der Waals surface area contributed by atoms with Gasteiger partial charge in [0.15, 0.2) is 17.3 Å². The summed E-state index contributed by atoms with van der Waals surface area (Å²) in [6, 6.07) is 7.74. The van der Waals surface area contributed by atoms with Gasteiger partial charge in [0.25, 0.3) is 0 Å². The SMILES string of the molecule is CCOc1cc([C@@H]2C(C#N)=C(N)OC3=C2C(=O)CCC3)ccc1OCC[NH+]1CCOCC1. The van der Waals surface area contributed by atoms with Gasteiger partial charge in [-0.25, -0.2) is 0 Å². The van der Waals surface area contributed by atoms with Crippen LogP contribution >= 0.6 is 0 Å². The molecule has 1 fully saturated rings. The number of nitriles is 1. The van der Waals surface area contributed by atoms with Crippen molar-refractivity contribution in [1.29, 1.82) is 5.26 Å². The van der Waals surface area contributed by atoms with Gasteiger partial charge in [-0.15, -0.1) is 0 Å². The van der Waals surface area contributed by atoms with E-state index >= 15 is 0 Å². The Kier molecular flexibility index (Phi) is 6.98. The zero-order valence-electron chi connectivity index (χ0n) is 18.4. The van der Waals surface area contributed by atoms with Crippen LogP contribution in [0.1, 0.15) is 37.7 Å². The van der Waals surface area contributed by atoms with Gasteiger partial charge in [-0.3, -0.25) is 4.79 Å². The molecule has 1 saturated heterocycles. The molecular weight excluding hydrogens is 410 g/mol. The molecule has 1 atom stereocenters. The van der Waals surface area contributed by atoms with Crippen molar-refractivity contribution in [1.82, 2.24) is 0 Å². The van der Waals surface area contributed by atoms with Crippen molar-refractivity contribution in [2.75, 3.05) is 46.1 Å². The normalized spacial score (nSPS) is 21.6. The van der Waals surface area contributed by atoms with Crippen LogP contribution in [0.15, 0.2) is 41.0 Å². The lowest BCUT2D eigenvalue weighted by atomic mass is 9.77. The van der Waals surface area contributed by atoms with Crippen LogP contribution in [0.5, 0.6) is 11.5 Å². The van der Waals surface area contributed by atoms with E-state index < -0.39 is 5.92 Å². The van der Waals surface area contributed by atoms with Crippen LogP contribution in [0, 0.1) is 11.3 Å². The van der Waals surface area contributed by atoms with E-state index in [4.69, 9.17) is 24.7 Å². The summed E-state index contributed by atoms with van der Waals surface area (Å²) < 4.78 is 23.0. The van der Waals surface area contributed by atoms with Crippen LogP contribution in [0.4, 0.5) is 0 Å². The Morgan fingerprint density at radius 3 is 2.78 bits per heavy atom. The first-order valence-corrected chi connectivity index (χ1v) is 11.3. The summed E-state index contributed by atoms with van der Waals surface area (Å²) in [5, 5.41) is 9.77. The molecule has 4 rings (SSSR count). The topological polar surface area (TPSA) is 108 Å². The predicted molar refractivity (Wildman–Crippen MR) is 116 cm³/mol. The Hall–Kier alpha value is -3.02. The minimum atomic E-state index is -0.553. The Labute approximate surface area is 188 Å². The van der Waals surface area contributed by atoms with Crippen molar-refractivity contribution in [3.63, 3.8) is 0 Å². The third-order valence-electron chi connectivity index (χ3n) is 6.12. The fourth-order valence-electron chi connectivity index (χ4n) is 4.50. The first kappa shape index (κ1) is 22.2. The van der Waals surface area contributed by atoms with Crippen LogP contribution in [0.3, 0.4) is 0 Å². The number of ketones is 1. The zero-order chi connectivity index (χ0) is 22.5. The summed E-state index contributed by atoms with van der Waals surface area (Å²) in [6.45, 7) is 7.38. The lowest BCUT2D eigenvalue weighted by Crippen LogP contribution is -3.14. The van der Waals surface area contributed by atoms with Gasteiger partial charge in [-0.2, -0.15) is 5.26 Å². The van der Waals surface area contributed by atoms with Crippen LogP contribution in [0.25, 0.3) is 0 Å². The standard InChI is InChI=1S/C24H29N3O5/c1-2-30-21-14-16(6-7-19(21)31-13-10-27-8-11-29-12-9-27)22-17(15-25)24(26)32-20-5-3-4-18(28)23(20)22/h6-7,14,22H,2-5,8-13,26H2,1H3/p+1/t22-/m1/s1. The average Bonchev–Trinajstić information content (AvgIpc) is 2.80. The molecule has 2 aliphatic heterocycles. The second-order valence-corrected chi connectivity index (χ2v) is 8.14.